The molecule has 5 N–H and O–H groups in total. The number of hydrogen-bond donors (Lipinski definition) is 5. The van der Waals surface area contributed by atoms with Crippen LogP contribution >= 0.6 is 0 Å². The number of aromatic nitrogens is 3. The van der Waals surface area contributed by atoms with Crippen LogP contribution in [0.25, 0.3) is 0 Å². The number of amides is 1. The Kier molecular flexibility index (Phi) is 5.59. The van der Waals surface area contributed by atoms with Gasteiger partial charge in [-0.15, -0.1) is 5.10 Å². The van der Waals surface area contributed by atoms with Gasteiger partial charge in [-0.3, -0.25) is 4.79 Å². The smallest absolute Gasteiger partial charge is 0.273 e. The highest BCUT2D eigenvalue weighted by molar-refractivity contribution is 5.91. The SMILES string of the molecule is O=C(NCc1ccccc1)c1cn([C@@H]2O[C@H](CO)[C@@H](O)[C@H](O)[C@@H]2O)nn1. The number of nitrogens with one attached hydrogen (secondary N) is 1. The molecule has 0 aliphatic carbocycles. The van der Waals surface area contributed by atoms with Gasteiger partial charge < -0.3 is 30.5 Å². The minimum atomic E-state index is -1.54. The maximum absolute atomic E-state index is 12.2. The third kappa shape index (κ3) is 3.74. The number of benzene rings is 1. The highest BCUT2D eigenvalue weighted by Gasteiger charge is 2.44. The van der Waals surface area contributed by atoms with Gasteiger partial charge in [0.25, 0.3) is 5.91 Å². The molecule has 2 heterocycles. The predicted molar refractivity (Wildman–Crippen MR) is 86.7 cm³/mol. The number of aliphatic hydroxyl groups is 4. The van der Waals surface area contributed by atoms with E-state index >= 15 is 0 Å². The van der Waals surface area contributed by atoms with Crippen LogP contribution in [0.2, 0.25) is 0 Å². The number of carbonyl (C=O) groups is 1. The Hall–Kier alpha value is -2.37. The molecule has 5 atom stereocenters. The standard InChI is InChI=1S/C16H20N4O6/c21-8-11-12(22)13(23)14(24)16(26-11)20-7-10(18-19-20)15(25)17-6-9-4-2-1-3-5-9/h1-5,7,11-14,16,21-24H,6,8H2,(H,17,25)/t11-,12-,13+,14+,16-/m1/s1. The molecule has 0 spiro atoms. The summed E-state index contributed by atoms with van der Waals surface area (Å²) in [5.74, 6) is -0.468. The molecular formula is C16H20N4O6. The maximum Gasteiger partial charge on any atom is 0.273 e. The topological polar surface area (TPSA) is 150 Å². The molecule has 0 radical (unpaired) electrons. The largest absolute Gasteiger partial charge is 0.394 e. The van der Waals surface area contributed by atoms with Crippen molar-refractivity contribution in [1.82, 2.24) is 20.3 Å². The van der Waals surface area contributed by atoms with Crippen molar-refractivity contribution in [3.63, 3.8) is 0 Å². The van der Waals surface area contributed by atoms with Crippen molar-refractivity contribution in [2.24, 2.45) is 0 Å². The fraction of sp³-hybridized carbons (Fsp3) is 0.438. The molecule has 10 heteroatoms. The summed E-state index contributed by atoms with van der Waals surface area (Å²) in [6.45, 7) is -0.243. The summed E-state index contributed by atoms with van der Waals surface area (Å²) in [5, 5.41) is 49.1. The van der Waals surface area contributed by atoms with E-state index in [2.05, 4.69) is 15.6 Å². The second-order valence-corrected chi connectivity index (χ2v) is 5.97. The van der Waals surface area contributed by atoms with E-state index in [1.807, 2.05) is 30.3 Å². The van der Waals surface area contributed by atoms with E-state index < -0.39 is 43.2 Å². The van der Waals surface area contributed by atoms with Crippen LogP contribution < -0.4 is 5.32 Å². The number of rotatable bonds is 5. The maximum atomic E-state index is 12.2. The molecule has 26 heavy (non-hydrogen) atoms. The first kappa shape index (κ1) is 18.4. The third-order valence-electron chi connectivity index (χ3n) is 4.17. The quantitative estimate of drug-likeness (QED) is 0.416. The van der Waals surface area contributed by atoms with Crippen molar-refractivity contribution in [2.45, 2.75) is 37.2 Å². The van der Waals surface area contributed by atoms with Gasteiger partial charge in [0, 0.05) is 6.54 Å². The lowest BCUT2D eigenvalue weighted by Gasteiger charge is -2.39. The molecule has 2 aromatic rings. The van der Waals surface area contributed by atoms with Gasteiger partial charge in [0.05, 0.1) is 12.8 Å². The van der Waals surface area contributed by atoms with Crippen molar-refractivity contribution in [2.75, 3.05) is 6.61 Å². The van der Waals surface area contributed by atoms with E-state index in [0.717, 1.165) is 10.2 Å². The van der Waals surface area contributed by atoms with Gasteiger partial charge in [0.2, 0.25) is 0 Å². The predicted octanol–water partition coefficient (Wildman–Crippen LogP) is -1.82. The number of ether oxygens (including phenoxy) is 1. The Bertz CT molecular complexity index is 737. The van der Waals surface area contributed by atoms with Gasteiger partial charge in [-0.1, -0.05) is 35.5 Å². The third-order valence-corrected chi connectivity index (χ3v) is 4.17. The van der Waals surface area contributed by atoms with Crippen LogP contribution in [0.4, 0.5) is 0 Å². The van der Waals surface area contributed by atoms with Crippen molar-refractivity contribution in [1.29, 1.82) is 0 Å². The van der Waals surface area contributed by atoms with Crippen LogP contribution in [-0.2, 0) is 11.3 Å². The zero-order chi connectivity index (χ0) is 18.7. The molecule has 1 fully saturated rings. The molecule has 1 saturated heterocycles. The van der Waals surface area contributed by atoms with Crippen molar-refractivity contribution < 1.29 is 30.0 Å². The van der Waals surface area contributed by atoms with Crippen molar-refractivity contribution >= 4 is 5.91 Å². The van der Waals surface area contributed by atoms with Crippen LogP contribution in [0.5, 0.6) is 0 Å². The van der Waals surface area contributed by atoms with E-state index in [9.17, 15) is 25.2 Å². The average molecular weight is 364 g/mol. The molecule has 1 aliphatic rings. The van der Waals surface area contributed by atoms with Gasteiger partial charge in [0.1, 0.15) is 24.4 Å². The Morgan fingerprint density at radius 2 is 1.88 bits per heavy atom. The first-order valence-electron chi connectivity index (χ1n) is 8.05. The van der Waals surface area contributed by atoms with Gasteiger partial charge in [-0.05, 0) is 5.56 Å². The Labute approximate surface area is 148 Å². The van der Waals surface area contributed by atoms with Gasteiger partial charge in [-0.25, -0.2) is 4.68 Å². The summed E-state index contributed by atoms with van der Waals surface area (Å²) in [4.78, 5) is 12.2. The minimum Gasteiger partial charge on any atom is -0.394 e. The van der Waals surface area contributed by atoms with E-state index in [1.54, 1.807) is 0 Å². The molecular weight excluding hydrogens is 344 g/mol. The summed E-state index contributed by atoms with van der Waals surface area (Å²) in [7, 11) is 0. The fourth-order valence-corrected chi connectivity index (χ4v) is 2.67. The highest BCUT2D eigenvalue weighted by Crippen LogP contribution is 2.27. The van der Waals surface area contributed by atoms with Gasteiger partial charge in [0.15, 0.2) is 11.9 Å². The normalized spacial score (nSPS) is 28.7. The molecule has 0 saturated carbocycles. The molecule has 1 aromatic heterocycles. The van der Waals surface area contributed by atoms with E-state index in [-0.39, 0.29) is 5.69 Å². The fourth-order valence-electron chi connectivity index (χ4n) is 2.67. The lowest BCUT2D eigenvalue weighted by Crippen LogP contribution is -2.56. The van der Waals surface area contributed by atoms with Crippen LogP contribution in [-0.4, -0.2) is 72.3 Å². The molecule has 1 aliphatic heterocycles. The number of carbonyl (C=O) groups excluding carboxylic acids is 1. The summed E-state index contributed by atoms with van der Waals surface area (Å²) >= 11 is 0. The van der Waals surface area contributed by atoms with E-state index in [0.29, 0.717) is 6.54 Å². The second kappa shape index (κ2) is 7.89. The molecule has 3 rings (SSSR count). The summed E-state index contributed by atoms with van der Waals surface area (Å²) in [6.07, 6.45) is -5.53. The Balaban J connectivity index is 1.67. The van der Waals surface area contributed by atoms with E-state index in [1.165, 1.54) is 6.20 Å². The Morgan fingerprint density at radius 1 is 1.15 bits per heavy atom. The molecule has 1 amide bonds. The zero-order valence-electron chi connectivity index (χ0n) is 13.7. The average Bonchev–Trinajstić information content (AvgIpc) is 3.15. The Morgan fingerprint density at radius 3 is 2.58 bits per heavy atom. The highest BCUT2D eigenvalue weighted by atomic mass is 16.6. The van der Waals surface area contributed by atoms with E-state index in [4.69, 9.17) is 4.74 Å². The van der Waals surface area contributed by atoms with Crippen LogP contribution in [0.1, 0.15) is 22.3 Å². The van der Waals surface area contributed by atoms with Crippen molar-refractivity contribution in [3.8, 4) is 0 Å². The molecule has 140 valence electrons. The van der Waals surface area contributed by atoms with Crippen LogP contribution in [0.3, 0.4) is 0 Å². The molecule has 0 unspecified atom stereocenters. The lowest BCUT2D eigenvalue weighted by atomic mass is 9.98. The minimum absolute atomic E-state index is 0.00195. The lowest BCUT2D eigenvalue weighted by molar-refractivity contribution is -0.254. The number of hydrogen-bond acceptors (Lipinski definition) is 8. The molecule has 0 bridgehead atoms. The molecule has 1 aromatic carbocycles. The van der Waals surface area contributed by atoms with Crippen LogP contribution in [0, 0.1) is 0 Å². The van der Waals surface area contributed by atoms with Gasteiger partial charge in [-0.2, -0.15) is 0 Å². The summed E-state index contributed by atoms with van der Waals surface area (Å²) < 4.78 is 6.43. The monoisotopic (exact) mass is 364 g/mol. The zero-order valence-corrected chi connectivity index (χ0v) is 13.7. The number of nitrogens with zero attached hydrogens (tertiary/aromatic N) is 3. The first-order valence-corrected chi connectivity index (χ1v) is 8.05. The van der Waals surface area contributed by atoms with Crippen molar-refractivity contribution in [3.05, 3.63) is 47.8 Å². The summed E-state index contributed by atoms with van der Waals surface area (Å²) in [5.41, 5.74) is 0.917. The first-order chi connectivity index (χ1) is 12.5. The molecule has 10 nitrogen and oxygen atoms in total. The summed E-state index contributed by atoms with van der Waals surface area (Å²) in [6, 6.07) is 9.32. The van der Waals surface area contributed by atoms with Gasteiger partial charge >= 0.3 is 0 Å². The number of aliphatic hydroxyl groups excluding tert-OH is 4. The second-order valence-electron chi connectivity index (χ2n) is 5.97. The van der Waals surface area contributed by atoms with Crippen LogP contribution in [0.15, 0.2) is 36.5 Å².